The fourth-order valence-electron chi connectivity index (χ4n) is 1.33. The summed E-state index contributed by atoms with van der Waals surface area (Å²) in [6, 6.07) is 5.07. The van der Waals surface area contributed by atoms with E-state index in [9.17, 15) is 9.59 Å². The molecule has 98 valence electrons. The number of halogens is 1. The Balaban J connectivity index is 2.58. The maximum atomic E-state index is 11.0. The molecule has 0 heterocycles. The molecule has 0 unspecified atom stereocenters. The predicted molar refractivity (Wildman–Crippen MR) is 75.1 cm³/mol. The molecule has 0 atom stereocenters. The zero-order chi connectivity index (χ0) is 13.5. The quantitative estimate of drug-likeness (QED) is 0.621. The second-order valence-corrected chi connectivity index (χ2v) is 5.62. The highest BCUT2D eigenvalue weighted by Gasteiger charge is 2.10. The van der Waals surface area contributed by atoms with Crippen molar-refractivity contribution in [2.75, 3.05) is 12.8 Å². The van der Waals surface area contributed by atoms with Crippen molar-refractivity contribution in [1.29, 1.82) is 0 Å². The van der Waals surface area contributed by atoms with E-state index in [4.69, 9.17) is 5.11 Å². The van der Waals surface area contributed by atoms with Crippen molar-refractivity contribution in [3.63, 3.8) is 0 Å². The lowest BCUT2D eigenvalue weighted by Gasteiger charge is -2.06. The van der Waals surface area contributed by atoms with Gasteiger partial charge in [-0.2, -0.15) is 0 Å². The van der Waals surface area contributed by atoms with Crippen LogP contribution in [0.15, 0.2) is 27.6 Å². The molecule has 0 bridgehead atoms. The first-order valence-corrected chi connectivity index (χ1v) is 7.18. The first kappa shape index (κ1) is 15.0. The number of carbonyl (C=O) groups is 2. The number of rotatable bonds is 6. The Morgan fingerprint density at radius 3 is 2.78 bits per heavy atom. The topological polar surface area (TPSA) is 66.4 Å². The average molecular weight is 332 g/mol. The van der Waals surface area contributed by atoms with Gasteiger partial charge in [0.05, 0.1) is 5.56 Å². The summed E-state index contributed by atoms with van der Waals surface area (Å²) in [4.78, 5) is 22.8. The first-order chi connectivity index (χ1) is 8.54. The molecular weight excluding hydrogens is 318 g/mol. The summed E-state index contributed by atoms with van der Waals surface area (Å²) >= 11 is 4.77. The highest BCUT2D eigenvalue weighted by atomic mass is 79.9. The van der Waals surface area contributed by atoms with Crippen LogP contribution in [-0.2, 0) is 4.79 Å². The summed E-state index contributed by atoms with van der Waals surface area (Å²) in [5.74, 6) is -0.218. The summed E-state index contributed by atoms with van der Waals surface area (Å²) in [6.07, 6.45) is 1.18. The maximum Gasteiger partial charge on any atom is 0.336 e. The van der Waals surface area contributed by atoms with Crippen molar-refractivity contribution >= 4 is 39.6 Å². The van der Waals surface area contributed by atoms with Crippen molar-refractivity contribution in [1.82, 2.24) is 5.32 Å². The molecule has 1 rings (SSSR count). The van der Waals surface area contributed by atoms with Gasteiger partial charge in [-0.3, -0.25) is 4.79 Å². The van der Waals surface area contributed by atoms with Crippen LogP contribution in [0.25, 0.3) is 0 Å². The minimum atomic E-state index is -0.934. The third-order valence-corrected chi connectivity index (χ3v) is 3.89. The molecule has 0 radical (unpaired) electrons. The van der Waals surface area contributed by atoms with Gasteiger partial charge in [0, 0.05) is 22.8 Å². The molecule has 0 spiro atoms. The van der Waals surface area contributed by atoms with Crippen LogP contribution in [0.3, 0.4) is 0 Å². The van der Waals surface area contributed by atoms with E-state index in [0.29, 0.717) is 22.6 Å². The van der Waals surface area contributed by atoms with E-state index in [0.717, 1.165) is 10.9 Å². The summed E-state index contributed by atoms with van der Waals surface area (Å²) in [5.41, 5.74) is 0.295. The highest BCUT2D eigenvalue weighted by Crippen LogP contribution is 2.27. The van der Waals surface area contributed by atoms with Crippen molar-refractivity contribution in [3.05, 3.63) is 28.2 Å². The molecule has 0 aliphatic heterocycles. The lowest BCUT2D eigenvalue weighted by atomic mass is 10.2. The lowest BCUT2D eigenvalue weighted by Crippen LogP contribution is -2.17. The normalized spacial score (nSPS) is 10.1. The van der Waals surface area contributed by atoms with Gasteiger partial charge in [0.2, 0.25) is 5.91 Å². The molecule has 18 heavy (non-hydrogen) atoms. The van der Waals surface area contributed by atoms with Gasteiger partial charge in [-0.05, 0) is 30.4 Å². The smallest absolute Gasteiger partial charge is 0.336 e. The fraction of sp³-hybridized carbons (Fsp3) is 0.333. The third-order valence-electron chi connectivity index (χ3n) is 2.26. The Morgan fingerprint density at radius 2 is 2.17 bits per heavy atom. The number of carboxylic acids is 1. The minimum Gasteiger partial charge on any atom is -0.478 e. The van der Waals surface area contributed by atoms with Gasteiger partial charge in [0.1, 0.15) is 0 Å². The molecule has 1 amide bonds. The standard InChI is InChI=1S/C12H14BrNO3S/c1-14-11(15)3-2-6-18-10-7-8(13)4-5-9(10)12(16)17/h4-5,7H,2-3,6H2,1H3,(H,14,15)(H,16,17). The minimum absolute atomic E-state index is 0.00306. The average Bonchev–Trinajstić information content (AvgIpc) is 2.34. The molecule has 1 aromatic carbocycles. The monoisotopic (exact) mass is 331 g/mol. The van der Waals surface area contributed by atoms with Gasteiger partial charge in [-0.25, -0.2) is 4.79 Å². The van der Waals surface area contributed by atoms with Crippen molar-refractivity contribution < 1.29 is 14.7 Å². The molecule has 0 aliphatic rings. The fourth-order valence-corrected chi connectivity index (χ4v) is 2.87. The van der Waals surface area contributed by atoms with Crippen LogP contribution >= 0.6 is 27.7 Å². The van der Waals surface area contributed by atoms with Crippen LogP contribution in [-0.4, -0.2) is 29.8 Å². The zero-order valence-corrected chi connectivity index (χ0v) is 12.3. The summed E-state index contributed by atoms with van der Waals surface area (Å²) < 4.78 is 0.848. The number of hydrogen-bond donors (Lipinski definition) is 2. The first-order valence-electron chi connectivity index (χ1n) is 5.41. The van der Waals surface area contributed by atoms with Crippen LogP contribution in [0, 0.1) is 0 Å². The second kappa shape index (κ2) is 7.43. The van der Waals surface area contributed by atoms with Gasteiger partial charge >= 0.3 is 5.97 Å². The Kier molecular flexibility index (Phi) is 6.21. The van der Waals surface area contributed by atoms with Crippen molar-refractivity contribution in [2.45, 2.75) is 17.7 Å². The van der Waals surface area contributed by atoms with Crippen LogP contribution in [0.1, 0.15) is 23.2 Å². The predicted octanol–water partition coefficient (Wildman–Crippen LogP) is 2.77. The second-order valence-electron chi connectivity index (χ2n) is 3.57. The van der Waals surface area contributed by atoms with Crippen LogP contribution in [0.4, 0.5) is 0 Å². The summed E-state index contributed by atoms with van der Waals surface area (Å²) in [6.45, 7) is 0. The van der Waals surface area contributed by atoms with E-state index < -0.39 is 5.97 Å². The molecule has 0 aromatic heterocycles. The molecule has 4 nitrogen and oxygen atoms in total. The molecule has 0 fully saturated rings. The molecule has 6 heteroatoms. The number of thioether (sulfide) groups is 1. The lowest BCUT2D eigenvalue weighted by molar-refractivity contribution is -0.120. The maximum absolute atomic E-state index is 11.0. The van der Waals surface area contributed by atoms with Crippen LogP contribution in [0.2, 0.25) is 0 Å². The SMILES string of the molecule is CNC(=O)CCCSc1cc(Br)ccc1C(=O)O. The Labute approximate surface area is 118 Å². The van der Waals surface area contributed by atoms with Crippen LogP contribution in [0.5, 0.6) is 0 Å². The van der Waals surface area contributed by atoms with Crippen LogP contribution < -0.4 is 5.32 Å². The summed E-state index contributed by atoms with van der Waals surface area (Å²) in [7, 11) is 1.60. The van der Waals surface area contributed by atoms with Gasteiger partial charge in [-0.1, -0.05) is 15.9 Å². The van der Waals surface area contributed by atoms with Gasteiger partial charge in [-0.15, -0.1) is 11.8 Å². The number of nitrogens with one attached hydrogen (secondary N) is 1. The summed E-state index contributed by atoms with van der Waals surface area (Å²) in [5, 5.41) is 11.6. The Morgan fingerprint density at radius 1 is 1.44 bits per heavy atom. The van der Waals surface area contributed by atoms with Gasteiger partial charge in [0.25, 0.3) is 0 Å². The van der Waals surface area contributed by atoms with Gasteiger partial charge < -0.3 is 10.4 Å². The van der Waals surface area contributed by atoms with E-state index in [1.165, 1.54) is 11.8 Å². The largest absolute Gasteiger partial charge is 0.478 e. The number of amides is 1. The number of carbonyl (C=O) groups excluding carboxylic acids is 1. The molecular formula is C12H14BrNO3S. The van der Waals surface area contributed by atoms with Crippen molar-refractivity contribution in [2.24, 2.45) is 0 Å². The van der Waals surface area contributed by atoms with Crippen molar-refractivity contribution in [3.8, 4) is 0 Å². The highest BCUT2D eigenvalue weighted by molar-refractivity contribution is 9.10. The molecule has 0 saturated heterocycles. The molecule has 0 saturated carbocycles. The van der Waals surface area contributed by atoms with E-state index in [2.05, 4.69) is 21.2 Å². The van der Waals surface area contributed by atoms with E-state index in [1.807, 2.05) is 0 Å². The van der Waals surface area contributed by atoms with E-state index in [-0.39, 0.29) is 5.91 Å². The molecule has 1 aromatic rings. The number of benzene rings is 1. The number of aromatic carboxylic acids is 1. The zero-order valence-electron chi connectivity index (χ0n) is 9.90. The molecule has 2 N–H and O–H groups in total. The number of carboxylic acid groups (broad SMARTS) is 1. The van der Waals surface area contributed by atoms with E-state index in [1.54, 1.807) is 25.2 Å². The Hall–Kier alpha value is -1.01. The van der Waals surface area contributed by atoms with Gasteiger partial charge in [0.15, 0.2) is 0 Å². The molecule has 0 aliphatic carbocycles. The Bertz CT molecular complexity index is 451. The number of hydrogen-bond acceptors (Lipinski definition) is 3. The van der Waals surface area contributed by atoms with E-state index >= 15 is 0 Å². The third kappa shape index (κ3) is 4.70.